The molecule has 0 spiro atoms. The Hall–Kier alpha value is -2.74. The van der Waals surface area contributed by atoms with E-state index in [1.807, 2.05) is 6.92 Å². The first-order valence-electron chi connectivity index (χ1n) is 7.92. The molecule has 136 valence electrons. The van der Waals surface area contributed by atoms with Crippen LogP contribution in [0.15, 0.2) is 24.3 Å². The maximum absolute atomic E-state index is 12.3. The van der Waals surface area contributed by atoms with Crippen molar-refractivity contribution < 1.29 is 24.3 Å². The number of para-hydroxylation sites is 1. The average molecular weight is 349 g/mol. The number of rotatable bonds is 10. The van der Waals surface area contributed by atoms with E-state index in [1.54, 1.807) is 25.1 Å². The fourth-order valence-corrected chi connectivity index (χ4v) is 2.26. The smallest absolute Gasteiger partial charge is 0.326 e. The second kappa shape index (κ2) is 9.53. The van der Waals surface area contributed by atoms with E-state index in [0.717, 1.165) is 0 Å². The van der Waals surface area contributed by atoms with Gasteiger partial charge in [0.05, 0.1) is 11.7 Å². The van der Waals surface area contributed by atoms with Crippen LogP contribution in [0, 0.1) is 5.92 Å². The van der Waals surface area contributed by atoms with Gasteiger partial charge in [0.15, 0.2) is 5.78 Å². The van der Waals surface area contributed by atoms with Crippen LogP contribution in [0.5, 0.6) is 0 Å². The molecule has 8 heteroatoms. The molecule has 25 heavy (non-hydrogen) atoms. The zero-order chi connectivity index (χ0) is 19.0. The lowest BCUT2D eigenvalue weighted by atomic mass is 9.98. The standard InChI is InChI=1S/C17H23N3O5/c1-3-10(2)15(17(24)25)20-16(23)12(18)8-14(22)11-6-4-5-7-13(11)19-9-21/h4-7,9-10,12,15H,3,8,18H2,1-2H3,(H,19,21)(H,20,23)(H,24,25). The number of hydrogen-bond donors (Lipinski definition) is 4. The quantitative estimate of drug-likeness (QED) is 0.363. The summed E-state index contributed by atoms with van der Waals surface area (Å²) < 4.78 is 0. The van der Waals surface area contributed by atoms with Crippen molar-refractivity contribution in [3.8, 4) is 0 Å². The molecule has 0 radical (unpaired) electrons. The summed E-state index contributed by atoms with van der Waals surface area (Å²) in [5.41, 5.74) is 6.30. The van der Waals surface area contributed by atoms with E-state index in [1.165, 1.54) is 6.07 Å². The van der Waals surface area contributed by atoms with Crippen LogP contribution in [-0.4, -0.2) is 41.3 Å². The van der Waals surface area contributed by atoms with Crippen molar-refractivity contribution >= 4 is 29.8 Å². The molecule has 5 N–H and O–H groups in total. The predicted octanol–water partition coefficient (Wildman–Crippen LogP) is 0.770. The summed E-state index contributed by atoms with van der Waals surface area (Å²) in [6, 6.07) is 4.08. The molecule has 0 saturated heterocycles. The number of Topliss-reactive ketones (excluding diaryl/α,β-unsaturated/α-hetero) is 1. The molecule has 2 amide bonds. The SMILES string of the molecule is CCC(C)C(NC(=O)C(N)CC(=O)c1ccccc1NC=O)C(=O)O. The second-order valence-corrected chi connectivity index (χ2v) is 5.75. The van der Waals surface area contributed by atoms with Gasteiger partial charge in [0.2, 0.25) is 12.3 Å². The Bertz CT molecular complexity index is 647. The molecule has 0 fully saturated rings. The Morgan fingerprint density at radius 2 is 1.92 bits per heavy atom. The molecule has 1 rings (SSSR count). The fourth-order valence-electron chi connectivity index (χ4n) is 2.26. The summed E-state index contributed by atoms with van der Waals surface area (Å²) in [6.07, 6.45) is 0.703. The number of carboxylic acid groups (broad SMARTS) is 1. The number of carbonyl (C=O) groups excluding carboxylic acids is 3. The van der Waals surface area contributed by atoms with Gasteiger partial charge in [0.1, 0.15) is 6.04 Å². The Morgan fingerprint density at radius 1 is 1.28 bits per heavy atom. The van der Waals surface area contributed by atoms with Gasteiger partial charge in [-0.05, 0) is 18.1 Å². The van der Waals surface area contributed by atoms with E-state index in [9.17, 15) is 24.3 Å². The van der Waals surface area contributed by atoms with E-state index in [0.29, 0.717) is 18.5 Å². The Kier molecular flexibility index (Phi) is 7.74. The highest BCUT2D eigenvalue weighted by Gasteiger charge is 2.28. The van der Waals surface area contributed by atoms with Gasteiger partial charge in [0, 0.05) is 12.0 Å². The number of carboxylic acids is 1. The molecule has 0 aliphatic heterocycles. The molecule has 1 aromatic rings. The Labute approximate surface area is 145 Å². The minimum absolute atomic E-state index is 0.231. The normalized spacial score (nSPS) is 14.0. The third-order valence-corrected chi connectivity index (χ3v) is 3.96. The number of carbonyl (C=O) groups is 4. The summed E-state index contributed by atoms with van der Waals surface area (Å²) in [6.45, 7) is 3.52. The van der Waals surface area contributed by atoms with Crippen molar-refractivity contribution in [3.05, 3.63) is 29.8 Å². The zero-order valence-corrected chi connectivity index (χ0v) is 14.2. The van der Waals surface area contributed by atoms with Crippen molar-refractivity contribution in [3.63, 3.8) is 0 Å². The van der Waals surface area contributed by atoms with Crippen LogP contribution in [0.3, 0.4) is 0 Å². The predicted molar refractivity (Wildman–Crippen MR) is 92.1 cm³/mol. The van der Waals surface area contributed by atoms with Crippen molar-refractivity contribution in [2.24, 2.45) is 11.7 Å². The third kappa shape index (κ3) is 5.68. The van der Waals surface area contributed by atoms with Crippen LogP contribution < -0.4 is 16.4 Å². The van der Waals surface area contributed by atoms with Crippen LogP contribution in [-0.2, 0) is 14.4 Å². The van der Waals surface area contributed by atoms with E-state index in [-0.39, 0.29) is 17.9 Å². The molecule has 3 atom stereocenters. The van der Waals surface area contributed by atoms with Gasteiger partial charge in [-0.25, -0.2) is 4.79 Å². The number of nitrogens with one attached hydrogen (secondary N) is 2. The average Bonchev–Trinajstić information content (AvgIpc) is 2.59. The molecule has 1 aromatic carbocycles. The van der Waals surface area contributed by atoms with Crippen molar-refractivity contribution in [2.45, 2.75) is 38.8 Å². The highest BCUT2D eigenvalue weighted by Crippen LogP contribution is 2.17. The topological polar surface area (TPSA) is 139 Å². The van der Waals surface area contributed by atoms with E-state index < -0.39 is 29.7 Å². The number of ketones is 1. The molecule has 3 unspecified atom stereocenters. The highest BCUT2D eigenvalue weighted by molar-refractivity contribution is 6.05. The van der Waals surface area contributed by atoms with Gasteiger partial charge in [-0.1, -0.05) is 32.4 Å². The van der Waals surface area contributed by atoms with Crippen molar-refractivity contribution in [1.82, 2.24) is 5.32 Å². The lowest BCUT2D eigenvalue weighted by Gasteiger charge is -2.22. The van der Waals surface area contributed by atoms with Gasteiger partial charge in [-0.3, -0.25) is 14.4 Å². The van der Waals surface area contributed by atoms with E-state index in [2.05, 4.69) is 10.6 Å². The fraction of sp³-hybridized carbons (Fsp3) is 0.412. The number of amides is 2. The summed E-state index contributed by atoms with van der Waals surface area (Å²) in [4.78, 5) is 46.3. The second-order valence-electron chi connectivity index (χ2n) is 5.75. The van der Waals surface area contributed by atoms with Crippen molar-refractivity contribution in [2.75, 3.05) is 5.32 Å². The lowest BCUT2D eigenvalue weighted by Crippen LogP contribution is -2.51. The summed E-state index contributed by atoms with van der Waals surface area (Å²) >= 11 is 0. The third-order valence-electron chi connectivity index (χ3n) is 3.96. The molecule has 0 saturated carbocycles. The van der Waals surface area contributed by atoms with Crippen LogP contribution in [0.4, 0.5) is 5.69 Å². The van der Waals surface area contributed by atoms with Crippen LogP contribution >= 0.6 is 0 Å². The van der Waals surface area contributed by atoms with E-state index in [4.69, 9.17) is 5.73 Å². The molecule has 0 heterocycles. The van der Waals surface area contributed by atoms with E-state index >= 15 is 0 Å². The van der Waals surface area contributed by atoms with Gasteiger partial charge in [-0.2, -0.15) is 0 Å². The highest BCUT2D eigenvalue weighted by atomic mass is 16.4. The minimum atomic E-state index is -1.19. The van der Waals surface area contributed by atoms with Crippen LogP contribution in [0.2, 0.25) is 0 Å². The molecular formula is C17H23N3O5. The van der Waals surface area contributed by atoms with Crippen LogP contribution in [0.25, 0.3) is 0 Å². The number of anilines is 1. The molecule has 0 aliphatic carbocycles. The molecule has 8 nitrogen and oxygen atoms in total. The van der Waals surface area contributed by atoms with Gasteiger partial charge in [0.25, 0.3) is 0 Å². The Balaban J connectivity index is 2.79. The number of nitrogens with two attached hydrogens (primary N) is 1. The molecule has 0 bridgehead atoms. The number of hydrogen-bond acceptors (Lipinski definition) is 5. The lowest BCUT2D eigenvalue weighted by molar-refractivity contribution is -0.143. The number of aliphatic carboxylic acids is 1. The zero-order valence-electron chi connectivity index (χ0n) is 14.2. The monoisotopic (exact) mass is 349 g/mol. The molecule has 0 aliphatic rings. The van der Waals surface area contributed by atoms with Crippen molar-refractivity contribution in [1.29, 1.82) is 0 Å². The summed E-state index contributed by atoms with van der Waals surface area (Å²) in [5, 5.41) is 14.0. The minimum Gasteiger partial charge on any atom is -0.480 e. The molecular weight excluding hydrogens is 326 g/mol. The maximum Gasteiger partial charge on any atom is 0.326 e. The van der Waals surface area contributed by atoms with Gasteiger partial charge < -0.3 is 21.5 Å². The van der Waals surface area contributed by atoms with Crippen LogP contribution in [0.1, 0.15) is 37.0 Å². The first-order chi connectivity index (χ1) is 11.8. The largest absolute Gasteiger partial charge is 0.480 e. The molecule has 0 aromatic heterocycles. The maximum atomic E-state index is 12.3. The summed E-state index contributed by atoms with van der Waals surface area (Å²) in [5.74, 6) is -2.56. The first-order valence-corrected chi connectivity index (χ1v) is 7.92. The Morgan fingerprint density at radius 3 is 2.48 bits per heavy atom. The van der Waals surface area contributed by atoms with Gasteiger partial charge in [-0.15, -0.1) is 0 Å². The first kappa shape index (κ1) is 20.3. The van der Waals surface area contributed by atoms with Gasteiger partial charge >= 0.3 is 5.97 Å². The summed E-state index contributed by atoms with van der Waals surface area (Å²) in [7, 11) is 0. The number of benzene rings is 1.